The van der Waals surface area contributed by atoms with Crippen molar-refractivity contribution in [2.75, 3.05) is 50.0 Å². The van der Waals surface area contributed by atoms with Crippen LogP contribution in [0, 0.1) is 23.0 Å². The van der Waals surface area contributed by atoms with Gasteiger partial charge in [0.2, 0.25) is 0 Å². The van der Waals surface area contributed by atoms with Crippen molar-refractivity contribution < 1.29 is 31.1 Å². The van der Waals surface area contributed by atoms with Crippen LogP contribution in [0.15, 0.2) is 42.0 Å². The molecule has 0 aliphatic carbocycles. The lowest BCUT2D eigenvalue weighted by molar-refractivity contribution is 0.108. The molecule has 2 aromatic heterocycles. The summed E-state index contributed by atoms with van der Waals surface area (Å²) in [5.74, 6) is -1.39. The van der Waals surface area contributed by atoms with Gasteiger partial charge in [-0.3, -0.25) is 4.90 Å². The molecule has 250 valence electrons. The molecule has 3 N–H and O–H groups in total. The normalized spacial score (nSPS) is 21.2. The highest BCUT2D eigenvalue weighted by atomic mass is 35.5. The van der Waals surface area contributed by atoms with Crippen LogP contribution >= 0.6 is 22.9 Å². The van der Waals surface area contributed by atoms with E-state index >= 15 is 4.39 Å². The molecule has 3 saturated heterocycles. The van der Waals surface area contributed by atoms with Crippen molar-refractivity contribution in [2.45, 2.75) is 30.8 Å². The van der Waals surface area contributed by atoms with Gasteiger partial charge in [0, 0.05) is 54.1 Å². The zero-order valence-electron chi connectivity index (χ0n) is 25.0. The zero-order chi connectivity index (χ0) is 33.9. The van der Waals surface area contributed by atoms with E-state index in [0.717, 1.165) is 29.9 Å². The van der Waals surface area contributed by atoms with Crippen LogP contribution < -0.4 is 20.7 Å². The zero-order valence-corrected chi connectivity index (χ0v) is 26.6. The standard InChI is InChI=1S/C32H26ClF6N7OS/c33-20-9-18-26(25(37)24(20)17-2-3-21(34)27-23(17)19(11-40)29(41)48-27)43-31(44-30(18)45-7-5-42-16(13-45)8-22(35)36)47-14-32-4-1-6-46(32)12-15(10-32)28(38)39/h2-3,8-9,16,42H,1,4-7,10,12-14,41H2. The molecule has 0 radical (unpaired) electrons. The number of nitrogens with zero attached hydrogens (tertiary/aromatic N) is 5. The van der Waals surface area contributed by atoms with E-state index in [4.69, 9.17) is 22.1 Å². The molecule has 3 fully saturated rings. The third-order valence-corrected chi connectivity index (χ3v) is 10.6. The molecular weight excluding hydrogens is 680 g/mol. The van der Waals surface area contributed by atoms with Crippen molar-refractivity contribution in [3.8, 4) is 23.2 Å². The van der Waals surface area contributed by atoms with Crippen molar-refractivity contribution in [2.24, 2.45) is 0 Å². The maximum absolute atomic E-state index is 16.9. The fraction of sp³-hybridized carbons (Fsp3) is 0.344. The van der Waals surface area contributed by atoms with E-state index in [2.05, 4.69) is 15.3 Å². The van der Waals surface area contributed by atoms with E-state index in [1.54, 1.807) is 4.90 Å². The number of halogens is 7. The summed E-state index contributed by atoms with van der Waals surface area (Å²) in [6, 6.07) is 4.85. The Labute approximate surface area is 279 Å². The number of nitrogens with one attached hydrogen (secondary N) is 1. The molecule has 48 heavy (non-hydrogen) atoms. The van der Waals surface area contributed by atoms with Crippen molar-refractivity contribution in [3.63, 3.8) is 0 Å². The Bertz CT molecular complexity index is 2080. The number of anilines is 2. The third kappa shape index (κ3) is 5.50. The van der Waals surface area contributed by atoms with Gasteiger partial charge in [-0.05, 0) is 49.6 Å². The van der Waals surface area contributed by atoms with Gasteiger partial charge in [-0.1, -0.05) is 17.7 Å². The summed E-state index contributed by atoms with van der Waals surface area (Å²) in [5.41, 5.74) is 5.05. The van der Waals surface area contributed by atoms with E-state index in [0.29, 0.717) is 26.1 Å². The second-order valence-corrected chi connectivity index (χ2v) is 13.5. The van der Waals surface area contributed by atoms with Gasteiger partial charge in [-0.2, -0.15) is 32.8 Å². The van der Waals surface area contributed by atoms with Gasteiger partial charge in [0.05, 0.1) is 20.8 Å². The lowest BCUT2D eigenvalue weighted by Crippen LogP contribution is -2.50. The summed E-state index contributed by atoms with van der Waals surface area (Å²) in [6.07, 6.45) is -1.30. The smallest absolute Gasteiger partial charge is 0.319 e. The number of fused-ring (bicyclic) bond motifs is 3. The Hall–Kier alpha value is -4.10. The Kier molecular flexibility index (Phi) is 8.39. The SMILES string of the molecule is N#Cc1c(N)sc2c(F)ccc(-c3c(Cl)cc4c(N5CCNC(C=C(F)F)C5)nc(OCC56CCCN5CC(=C(F)F)C6)nc4c3F)c12. The van der Waals surface area contributed by atoms with Gasteiger partial charge in [-0.25, -0.2) is 8.78 Å². The molecule has 0 saturated carbocycles. The number of rotatable bonds is 6. The number of piperazine rings is 1. The number of benzene rings is 2. The van der Waals surface area contributed by atoms with Gasteiger partial charge >= 0.3 is 6.01 Å². The van der Waals surface area contributed by atoms with E-state index in [1.807, 2.05) is 11.0 Å². The van der Waals surface area contributed by atoms with Gasteiger partial charge in [-0.15, -0.1) is 11.3 Å². The number of thiophene rings is 1. The molecule has 16 heteroatoms. The Morgan fingerprint density at radius 2 is 2.04 bits per heavy atom. The van der Waals surface area contributed by atoms with Crippen LogP contribution in [0.2, 0.25) is 5.02 Å². The quantitative estimate of drug-likeness (QED) is 0.203. The molecule has 3 aliphatic heterocycles. The number of nitriles is 1. The maximum atomic E-state index is 16.9. The number of nitrogens with two attached hydrogens (primary N) is 1. The van der Waals surface area contributed by atoms with Gasteiger partial charge in [0.15, 0.2) is 5.82 Å². The topological polar surface area (TPSA) is 103 Å². The lowest BCUT2D eigenvalue weighted by atomic mass is 9.94. The van der Waals surface area contributed by atoms with Crippen LogP contribution in [-0.2, 0) is 0 Å². The summed E-state index contributed by atoms with van der Waals surface area (Å²) in [5, 5.41) is 13.0. The predicted molar refractivity (Wildman–Crippen MR) is 172 cm³/mol. The second-order valence-electron chi connectivity index (χ2n) is 12.1. The summed E-state index contributed by atoms with van der Waals surface area (Å²) >= 11 is 7.59. The molecule has 0 bridgehead atoms. The first-order valence-corrected chi connectivity index (χ1v) is 16.2. The first kappa shape index (κ1) is 32.4. The van der Waals surface area contributed by atoms with Crippen LogP contribution in [-0.4, -0.2) is 65.8 Å². The van der Waals surface area contributed by atoms with Crippen molar-refractivity contribution in [3.05, 3.63) is 64.2 Å². The molecule has 4 aromatic rings. The van der Waals surface area contributed by atoms with Crippen LogP contribution in [0.25, 0.3) is 32.1 Å². The van der Waals surface area contributed by atoms with Gasteiger partial charge in [0.1, 0.15) is 34.8 Å². The summed E-state index contributed by atoms with van der Waals surface area (Å²) in [4.78, 5) is 12.6. The fourth-order valence-corrected chi connectivity index (χ4v) is 8.36. The fourth-order valence-electron chi connectivity index (χ4n) is 7.12. The van der Waals surface area contributed by atoms with Gasteiger partial charge < -0.3 is 20.7 Å². The highest BCUT2D eigenvalue weighted by molar-refractivity contribution is 7.23. The van der Waals surface area contributed by atoms with Crippen LogP contribution in [0.3, 0.4) is 0 Å². The predicted octanol–water partition coefficient (Wildman–Crippen LogP) is 7.22. The number of nitrogen functional groups attached to an aromatic ring is 1. The first-order valence-electron chi connectivity index (χ1n) is 15.0. The molecule has 2 aromatic carbocycles. The second kappa shape index (κ2) is 12.4. The minimum atomic E-state index is -1.86. The summed E-state index contributed by atoms with van der Waals surface area (Å²) < 4.78 is 91.4. The Morgan fingerprint density at radius 1 is 1.23 bits per heavy atom. The highest BCUT2D eigenvalue weighted by Gasteiger charge is 2.48. The number of aromatic nitrogens is 2. The van der Waals surface area contributed by atoms with Crippen molar-refractivity contribution in [1.82, 2.24) is 20.2 Å². The minimum absolute atomic E-state index is 0.0254. The molecule has 2 atom stereocenters. The molecule has 2 unspecified atom stereocenters. The molecule has 7 rings (SSSR count). The highest BCUT2D eigenvalue weighted by Crippen LogP contribution is 2.46. The van der Waals surface area contributed by atoms with Crippen molar-refractivity contribution >= 4 is 54.7 Å². The van der Waals surface area contributed by atoms with E-state index in [-0.39, 0.29) is 91.2 Å². The Balaban J connectivity index is 1.38. The van der Waals surface area contributed by atoms with E-state index in [9.17, 15) is 27.2 Å². The summed E-state index contributed by atoms with van der Waals surface area (Å²) in [7, 11) is 0. The van der Waals surface area contributed by atoms with Crippen LogP contribution in [0.4, 0.5) is 37.2 Å². The molecule has 0 spiro atoms. The van der Waals surface area contributed by atoms with Gasteiger partial charge in [0.25, 0.3) is 12.2 Å². The molecule has 0 amide bonds. The number of hydrogen-bond acceptors (Lipinski definition) is 9. The third-order valence-electron chi connectivity index (χ3n) is 9.28. The van der Waals surface area contributed by atoms with Crippen LogP contribution in [0.1, 0.15) is 24.8 Å². The maximum Gasteiger partial charge on any atom is 0.319 e. The number of ether oxygens (including phenoxy) is 1. The molecular formula is C32H26ClF6N7OS. The summed E-state index contributed by atoms with van der Waals surface area (Å²) in [6.45, 7) is 1.35. The lowest BCUT2D eigenvalue weighted by Gasteiger charge is -2.34. The largest absolute Gasteiger partial charge is 0.461 e. The van der Waals surface area contributed by atoms with Crippen LogP contribution in [0.5, 0.6) is 6.01 Å². The average molecular weight is 706 g/mol. The average Bonchev–Trinajstić information content (AvgIpc) is 3.71. The minimum Gasteiger partial charge on any atom is -0.461 e. The molecule has 5 heterocycles. The number of hydrogen-bond donors (Lipinski definition) is 2. The molecule has 8 nitrogen and oxygen atoms in total. The van der Waals surface area contributed by atoms with Crippen molar-refractivity contribution in [1.29, 1.82) is 5.26 Å². The molecule has 3 aliphatic rings. The van der Waals surface area contributed by atoms with E-state index in [1.165, 1.54) is 12.1 Å². The monoisotopic (exact) mass is 705 g/mol. The Morgan fingerprint density at radius 3 is 2.79 bits per heavy atom. The first-order chi connectivity index (χ1) is 23.0. The van der Waals surface area contributed by atoms with E-state index < -0.39 is 35.4 Å².